The number of aldehydes is 1. The van der Waals surface area contributed by atoms with Crippen LogP contribution in [0.3, 0.4) is 0 Å². The van der Waals surface area contributed by atoms with Crippen molar-refractivity contribution in [2.75, 3.05) is 7.11 Å². The molecule has 0 bridgehead atoms. The molecule has 1 aromatic carbocycles. The summed E-state index contributed by atoms with van der Waals surface area (Å²) in [5.74, 6) is -0.102. The standard InChI is InChI=1S/C8H8N2O6S/c1-16-7-3-8(17(9,14)15)6(10(12)13)2-5(7)4-11/h2-4H,1H3,(H2,9,14,15). The highest BCUT2D eigenvalue weighted by Crippen LogP contribution is 2.30. The topological polar surface area (TPSA) is 130 Å². The van der Waals surface area contributed by atoms with Crippen molar-refractivity contribution < 1.29 is 22.9 Å². The first-order valence-corrected chi connectivity index (χ1v) is 5.70. The summed E-state index contributed by atoms with van der Waals surface area (Å²) in [6.07, 6.45) is 0.318. The molecule has 0 spiro atoms. The molecule has 0 aliphatic heterocycles. The largest absolute Gasteiger partial charge is 0.496 e. The quantitative estimate of drug-likeness (QED) is 0.463. The fourth-order valence-electron chi connectivity index (χ4n) is 1.21. The number of primary sulfonamides is 1. The molecule has 0 fully saturated rings. The smallest absolute Gasteiger partial charge is 0.290 e. The molecule has 1 rings (SSSR count). The minimum absolute atomic E-state index is 0.102. The van der Waals surface area contributed by atoms with Crippen LogP contribution in [-0.4, -0.2) is 26.7 Å². The molecule has 0 aliphatic carbocycles. The minimum Gasteiger partial charge on any atom is -0.496 e. The Morgan fingerprint density at radius 1 is 1.47 bits per heavy atom. The Balaban J connectivity index is 3.69. The van der Waals surface area contributed by atoms with E-state index < -0.39 is 25.5 Å². The first-order valence-electron chi connectivity index (χ1n) is 4.15. The van der Waals surface area contributed by atoms with Crippen LogP contribution in [0.5, 0.6) is 5.75 Å². The molecule has 1 aromatic rings. The van der Waals surface area contributed by atoms with Gasteiger partial charge in [-0.25, -0.2) is 13.6 Å². The average Bonchev–Trinajstić information content (AvgIpc) is 2.25. The molecule has 9 heteroatoms. The zero-order valence-corrected chi connectivity index (χ0v) is 9.43. The summed E-state index contributed by atoms with van der Waals surface area (Å²) in [5.41, 5.74) is -0.901. The fourth-order valence-corrected chi connectivity index (χ4v) is 1.90. The molecule has 0 saturated heterocycles. The number of nitrogens with zero attached hydrogens (tertiary/aromatic N) is 1. The van der Waals surface area contributed by atoms with Gasteiger partial charge in [0.1, 0.15) is 5.75 Å². The van der Waals surface area contributed by atoms with Gasteiger partial charge in [0, 0.05) is 12.1 Å². The number of carbonyl (C=O) groups excluding carboxylic acids is 1. The van der Waals surface area contributed by atoms with Gasteiger partial charge in [0.05, 0.1) is 17.6 Å². The summed E-state index contributed by atoms with van der Waals surface area (Å²) in [6.45, 7) is 0. The molecule has 17 heavy (non-hydrogen) atoms. The number of rotatable bonds is 4. The van der Waals surface area contributed by atoms with E-state index in [1.54, 1.807) is 0 Å². The number of nitro benzene ring substituents is 1. The van der Waals surface area contributed by atoms with E-state index in [1.807, 2.05) is 0 Å². The van der Waals surface area contributed by atoms with Crippen LogP contribution in [0.25, 0.3) is 0 Å². The predicted molar refractivity (Wildman–Crippen MR) is 56.4 cm³/mol. The lowest BCUT2D eigenvalue weighted by Crippen LogP contribution is -2.15. The molecule has 8 nitrogen and oxygen atoms in total. The first kappa shape index (κ1) is 13.1. The van der Waals surface area contributed by atoms with Crippen LogP contribution in [0.15, 0.2) is 17.0 Å². The van der Waals surface area contributed by atoms with Crippen LogP contribution in [-0.2, 0) is 10.0 Å². The lowest BCUT2D eigenvalue weighted by Gasteiger charge is -2.06. The Hall–Kier alpha value is -2.00. The highest BCUT2D eigenvalue weighted by atomic mass is 32.2. The molecule has 0 amide bonds. The van der Waals surface area contributed by atoms with Gasteiger partial charge in [-0.1, -0.05) is 0 Å². The molecule has 0 aromatic heterocycles. The van der Waals surface area contributed by atoms with Crippen molar-refractivity contribution in [3.05, 3.63) is 27.8 Å². The SMILES string of the molecule is COc1cc(S(N)(=O)=O)c([N+](=O)[O-])cc1C=O. The highest BCUT2D eigenvalue weighted by Gasteiger charge is 2.25. The maximum Gasteiger partial charge on any atom is 0.290 e. The van der Waals surface area contributed by atoms with E-state index in [0.717, 1.165) is 12.1 Å². The monoisotopic (exact) mass is 260 g/mol. The number of nitrogens with two attached hydrogens (primary N) is 1. The van der Waals surface area contributed by atoms with Gasteiger partial charge in [-0.2, -0.15) is 0 Å². The van der Waals surface area contributed by atoms with Gasteiger partial charge >= 0.3 is 0 Å². The number of ether oxygens (including phenoxy) is 1. The molecule has 0 unspecified atom stereocenters. The molecule has 0 radical (unpaired) electrons. The van der Waals surface area contributed by atoms with E-state index in [2.05, 4.69) is 0 Å². The molecule has 0 heterocycles. The second-order valence-electron chi connectivity index (χ2n) is 2.98. The van der Waals surface area contributed by atoms with Crippen molar-refractivity contribution in [3.8, 4) is 5.75 Å². The van der Waals surface area contributed by atoms with Crippen LogP contribution in [0.4, 0.5) is 5.69 Å². The van der Waals surface area contributed by atoms with E-state index in [1.165, 1.54) is 7.11 Å². The van der Waals surface area contributed by atoms with Crippen molar-refractivity contribution in [2.45, 2.75) is 4.90 Å². The van der Waals surface area contributed by atoms with Gasteiger partial charge in [-0.05, 0) is 0 Å². The molecule has 0 atom stereocenters. The molecule has 2 N–H and O–H groups in total. The number of hydrogen-bond acceptors (Lipinski definition) is 6. The molecule has 0 saturated carbocycles. The van der Waals surface area contributed by atoms with Crippen LogP contribution in [0.1, 0.15) is 10.4 Å². The third-order valence-corrected chi connectivity index (χ3v) is 2.88. The normalized spacial score (nSPS) is 10.9. The van der Waals surface area contributed by atoms with Gasteiger partial charge in [-0.3, -0.25) is 14.9 Å². The van der Waals surface area contributed by atoms with E-state index in [-0.39, 0.29) is 11.3 Å². The molecular formula is C8H8N2O6S. The summed E-state index contributed by atoms with van der Waals surface area (Å²) in [6, 6.07) is 1.64. The van der Waals surface area contributed by atoms with E-state index in [0.29, 0.717) is 6.29 Å². The summed E-state index contributed by atoms with van der Waals surface area (Å²) in [4.78, 5) is 19.7. The van der Waals surface area contributed by atoms with Crippen molar-refractivity contribution in [1.82, 2.24) is 0 Å². The predicted octanol–water partition coefficient (Wildman–Crippen LogP) is 0.0633. The van der Waals surface area contributed by atoms with Crippen molar-refractivity contribution in [2.24, 2.45) is 5.14 Å². The van der Waals surface area contributed by atoms with Crippen molar-refractivity contribution >= 4 is 22.0 Å². The number of benzene rings is 1. The van der Waals surface area contributed by atoms with Gasteiger partial charge in [0.25, 0.3) is 5.69 Å². The summed E-state index contributed by atoms with van der Waals surface area (Å²) in [5, 5.41) is 15.5. The Kier molecular flexibility index (Phi) is 3.44. The summed E-state index contributed by atoms with van der Waals surface area (Å²) in [7, 11) is -3.08. The van der Waals surface area contributed by atoms with Crippen molar-refractivity contribution in [1.29, 1.82) is 0 Å². The number of carbonyl (C=O) groups is 1. The third kappa shape index (κ3) is 2.57. The van der Waals surface area contributed by atoms with Crippen LogP contribution in [0, 0.1) is 10.1 Å². The van der Waals surface area contributed by atoms with Crippen LogP contribution >= 0.6 is 0 Å². The highest BCUT2D eigenvalue weighted by molar-refractivity contribution is 7.89. The molecule has 92 valence electrons. The second kappa shape index (κ2) is 4.47. The van der Waals surface area contributed by atoms with Gasteiger partial charge in [-0.15, -0.1) is 0 Å². The zero-order chi connectivity index (χ0) is 13.2. The Morgan fingerprint density at radius 3 is 2.41 bits per heavy atom. The Labute approximate surface area is 96.2 Å². The van der Waals surface area contributed by atoms with Gasteiger partial charge in [0.2, 0.25) is 10.0 Å². The van der Waals surface area contributed by atoms with Crippen molar-refractivity contribution in [3.63, 3.8) is 0 Å². The number of nitro groups is 1. The molecule has 0 aliphatic rings. The lowest BCUT2D eigenvalue weighted by molar-refractivity contribution is -0.387. The van der Waals surface area contributed by atoms with Gasteiger partial charge in [0.15, 0.2) is 11.2 Å². The van der Waals surface area contributed by atoms with E-state index in [4.69, 9.17) is 9.88 Å². The first-order chi connectivity index (χ1) is 7.81. The Bertz CT molecular complexity index is 580. The lowest BCUT2D eigenvalue weighted by atomic mass is 10.2. The van der Waals surface area contributed by atoms with Gasteiger partial charge < -0.3 is 4.74 Å². The second-order valence-corrected chi connectivity index (χ2v) is 4.51. The third-order valence-electron chi connectivity index (χ3n) is 1.94. The average molecular weight is 260 g/mol. The maximum atomic E-state index is 11.2. The maximum absolute atomic E-state index is 11.2. The number of methoxy groups -OCH3 is 1. The number of hydrogen-bond donors (Lipinski definition) is 1. The zero-order valence-electron chi connectivity index (χ0n) is 8.61. The summed E-state index contributed by atoms with van der Waals surface area (Å²) < 4.78 is 27.0. The number of sulfonamides is 1. The van der Waals surface area contributed by atoms with E-state index in [9.17, 15) is 23.3 Å². The molecular weight excluding hydrogens is 252 g/mol. The Morgan fingerprint density at radius 2 is 2.06 bits per heavy atom. The summed E-state index contributed by atoms with van der Waals surface area (Å²) >= 11 is 0. The van der Waals surface area contributed by atoms with Crippen LogP contribution in [0.2, 0.25) is 0 Å². The minimum atomic E-state index is -4.27. The van der Waals surface area contributed by atoms with E-state index >= 15 is 0 Å². The fraction of sp³-hybridized carbons (Fsp3) is 0.125. The van der Waals surface area contributed by atoms with Crippen LogP contribution < -0.4 is 9.88 Å².